The molecular formula is C8H9ClN4O2. The number of aromatic nitrogens is 2. The number of amides is 2. The molecule has 7 heteroatoms. The molecule has 0 saturated heterocycles. The van der Waals surface area contributed by atoms with Gasteiger partial charge in [0.25, 0.3) is 5.91 Å². The predicted molar refractivity (Wildman–Crippen MR) is 53.2 cm³/mol. The van der Waals surface area contributed by atoms with Crippen LogP contribution in [0, 0.1) is 0 Å². The smallest absolute Gasteiger partial charge is 0.272 e. The molecule has 0 aliphatic rings. The average Bonchev–Trinajstić information content (AvgIpc) is 2.17. The van der Waals surface area contributed by atoms with Crippen molar-refractivity contribution in [3.8, 4) is 0 Å². The van der Waals surface area contributed by atoms with Gasteiger partial charge in [-0.1, -0.05) is 11.6 Å². The molecule has 15 heavy (non-hydrogen) atoms. The third kappa shape index (κ3) is 3.17. The van der Waals surface area contributed by atoms with Crippen molar-refractivity contribution >= 4 is 23.4 Å². The Kier molecular flexibility index (Phi) is 3.56. The topological polar surface area (TPSA) is 98.0 Å². The molecule has 1 unspecified atom stereocenters. The van der Waals surface area contributed by atoms with Gasteiger partial charge in [0.05, 0.1) is 12.4 Å². The summed E-state index contributed by atoms with van der Waals surface area (Å²) in [6.45, 7) is 1.47. The van der Waals surface area contributed by atoms with E-state index in [0.717, 1.165) is 0 Å². The first-order chi connectivity index (χ1) is 7.00. The molecule has 1 heterocycles. The molecule has 3 N–H and O–H groups in total. The minimum Gasteiger partial charge on any atom is -0.368 e. The number of carbonyl (C=O) groups is 2. The van der Waals surface area contributed by atoms with E-state index in [2.05, 4.69) is 15.3 Å². The van der Waals surface area contributed by atoms with E-state index in [4.69, 9.17) is 17.3 Å². The molecule has 1 atom stereocenters. The molecule has 80 valence electrons. The molecule has 1 aromatic heterocycles. The van der Waals surface area contributed by atoms with Gasteiger partial charge in [0.1, 0.15) is 16.9 Å². The number of nitrogens with one attached hydrogen (secondary N) is 1. The molecule has 0 bridgehead atoms. The average molecular weight is 229 g/mol. The highest BCUT2D eigenvalue weighted by Gasteiger charge is 2.14. The van der Waals surface area contributed by atoms with Crippen LogP contribution in [0.1, 0.15) is 17.4 Å². The summed E-state index contributed by atoms with van der Waals surface area (Å²) < 4.78 is 0. The van der Waals surface area contributed by atoms with Crippen LogP contribution >= 0.6 is 11.6 Å². The highest BCUT2D eigenvalue weighted by Crippen LogP contribution is 2.02. The minimum atomic E-state index is -0.765. The van der Waals surface area contributed by atoms with Crippen LogP contribution in [0.5, 0.6) is 0 Å². The summed E-state index contributed by atoms with van der Waals surface area (Å²) >= 11 is 5.54. The summed E-state index contributed by atoms with van der Waals surface area (Å²) in [5.74, 6) is -1.17. The Morgan fingerprint density at radius 2 is 2.20 bits per heavy atom. The molecule has 0 radical (unpaired) electrons. The van der Waals surface area contributed by atoms with Crippen LogP contribution in [-0.2, 0) is 4.79 Å². The van der Waals surface area contributed by atoms with Gasteiger partial charge in [-0.25, -0.2) is 4.98 Å². The van der Waals surface area contributed by atoms with E-state index in [-0.39, 0.29) is 10.8 Å². The fourth-order valence-corrected chi connectivity index (χ4v) is 0.941. The maximum atomic E-state index is 11.4. The van der Waals surface area contributed by atoms with Crippen LogP contribution in [0.3, 0.4) is 0 Å². The fourth-order valence-electron chi connectivity index (χ4n) is 0.793. The number of halogens is 1. The molecular weight excluding hydrogens is 220 g/mol. The van der Waals surface area contributed by atoms with Crippen molar-refractivity contribution in [2.45, 2.75) is 13.0 Å². The van der Waals surface area contributed by atoms with Gasteiger partial charge < -0.3 is 11.1 Å². The number of nitrogens with zero attached hydrogens (tertiary/aromatic N) is 2. The first-order valence-electron chi connectivity index (χ1n) is 4.08. The Balaban J connectivity index is 2.73. The van der Waals surface area contributed by atoms with Gasteiger partial charge in [-0.15, -0.1) is 0 Å². The van der Waals surface area contributed by atoms with Crippen LogP contribution in [0.2, 0.25) is 5.15 Å². The molecule has 0 saturated carbocycles. The predicted octanol–water partition coefficient (Wildman–Crippen LogP) is -0.266. The zero-order valence-electron chi connectivity index (χ0n) is 7.90. The van der Waals surface area contributed by atoms with E-state index in [1.807, 2.05) is 0 Å². The second kappa shape index (κ2) is 4.70. The summed E-state index contributed by atoms with van der Waals surface area (Å²) in [6.07, 6.45) is 2.55. The number of nitrogens with two attached hydrogens (primary N) is 1. The van der Waals surface area contributed by atoms with Crippen LogP contribution in [0.25, 0.3) is 0 Å². The highest BCUT2D eigenvalue weighted by molar-refractivity contribution is 6.29. The van der Waals surface area contributed by atoms with E-state index < -0.39 is 17.9 Å². The van der Waals surface area contributed by atoms with E-state index in [0.29, 0.717) is 0 Å². The Bertz CT molecular complexity index is 396. The standard InChI is InChI=1S/C8H9ClN4O2/c1-4(7(10)14)12-8(15)5-2-11-3-6(9)13-5/h2-4H,1H3,(H2,10,14)(H,12,15). The lowest BCUT2D eigenvalue weighted by Gasteiger charge is -2.08. The number of hydrogen-bond acceptors (Lipinski definition) is 4. The highest BCUT2D eigenvalue weighted by atomic mass is 35.5. The Hall–Kier alpha value is -1.69. The van der Waals surface area contributed by atoms with Crippen LogP contribution in [0.15, 0.2) is 12.4 Å². The van der Waals surface area contributed by atoms with Crippen LogP contribution in [-0.4, -0.2) is 27.8 Å². The third-order valence-electron chi connectivity index (χ3n) is 1.61. The summed E-state index contributed by atoms with van der Waals surface area (Å²) in [4.78, 5) is 29.5. The number of rotatable bonds is 3. The van der Waals surface area contributed by atoms with Crippen molar-refractivity contribution in [2.75, 3.05) is 0 Å². The van der Waals surface area contributed by atoms with Gasteiger partial charge in [0.15, 0.2) is 0 Å². The summed E-state index contributed by atoms with van der Waals surface area (Å²) in [5, 5.41) is 2.45. The molecule has 0 aliphatic heterocycles. The Labute approximate surface area is 90.8 Å². The molecule has 1 rings (SSSR count). The van der Waals surface area contributed by atoms with E-state index in [9.17, 15) is 9.59 Å². The molecule has 0 aromatic carbocycles. The van der Waals surface area contributed by atoms with Crippen LogP contribution < -0.4 is 11.1 Å². The quantitative estimate of drug-likeness (QED) is 0.744. The number of carbonyl (C=O) groups excluding carboxylic acids is 2. The second-order valence-electron chi connectivity index (χ2n) is 2.82. The van der Waals surface area contributed by atoms with Crippen molar-refractivity contribution in [3.63, 3.8) is 0 Å². The number of primary amides is 1. The zero-order valence-corrected chi connectivity index (χ0v) is 8.65. The van der Waals surface area contributed by atoms with Crippen molar-refractivity contribution in [1.82, 2.24) is 15.3 Å². The summed E-state index contributed by atoms with van der Waals surface area (Å²) in [5.41, 5.74) is 5.01. The minimum absolute atomic E-state index is 0.0376. The normalized spacial score (nSPS) is 11.9. The van der Waals surface area contributed by atoms with Gasteiger partial charge in [-0.2, -0.15) is 0 Å². The summed E-state index contributed by atoms with van der Waals surface area (Å²) in [6, 6.07) is -0.765. The summed E-state index contributed by atoms with van der Waals surface area (Å²) in [7, 11) is 0. The lowest BCUT2D eigenvalue weighted by Crippen LogP contribution is -2.42. The monoisotopic (exact) mass is 228 g/mol. The molecule has 0 aliphatic carbocycles. The number of hydrogen-bond donors (Lipinski definition) is 2. The van der Waals surface area contributed by atoms with Crippen molar-refractivity contribution in [1.29, 1.82) is 0 Å². The maximum absolute atomic E-state index is 11.4. The first-order valence-corrected chi connectivity index (χ1v) is 4.46. The van der Waals surface area contributed by atoms with E-state index >= 15 is 0 Å². The molecule has 0 spiro atoms. The lowest BCUT2D eigenvalue weighted by atomic mass is 10.3. The van der Waals surface area contributed by atoms with E-state index in [1.165, 1.54) is 19.3 Å². The Morgan fingerprint density at radius 3 is 2.73 bits per heavy atom. The second-order valence-corrected chi connectivity index (χ2v) is 3.21. The van der Waals surface area contributed by atoms with Gasteiger partial charge in [0.2, 0.25) is 5.91 Å². The molecule has 2 amide bonds. The van der Waals surface area contributed by atoms with Gasteiger partial charge in [-0.3, -0.25) is 14.6 Å². The maximum Gasteiger partial charge on any atom is 0.272 e. The van der Waals surface area contributed by atoms with Crippen LogP contribution in [0.4, 0.5) is 0 Å². The van der Waals surface area contributed by atoms with E-state index in [1.54, 1.807) is 0 Å². The molecule has 6 nitrogen and oxygen atoms in total. The molecule has 0 fully saturated rings. The first kappa shape index (κ1) is 11.4. The van der Waals surface area contributed by atoms with Gasteiger partial charge in [0, 0.05) is 0 Å². The van der Waals surface area contributed by atoms with Crippen molar-refractivity contribution in [2.24, 2.45) is 5.73 Å². The van der Waals surface area contributed by atoms with Gasteiger partial charge in [-0.05, 0) is 6.92 Å². The van der Waals surface area contributed by atoms with Gasteiger partial charge >= 0.3 is 0 Å². The SMILES string of the molecule is CC(NC(=O)c1cncc(Cl)n1)C(N)=O. The zero-order chi connectivity index (χ0) is 11.4. The molecule has 1 aromatic rings. The Morgan fingerprint density at radius 1 is 1.53 bits per heavy atom. The lowest BCUT2D eigenvalue weighted by molar-refractivity contribution is -0.119. The third-order valence-corrected chi connectivity index (χ3v) is 1.79. The van der Waals surface area contributed by atoms with Crippen molar-refractivity contribution < 1.29 is 9.59 Å². The van der Waals surface area contributed by atoms with Crippen molar-refractivity contribution in [3.05, 3.63) is 23.2 Å². The largest absolute Gasteiger partial charge is 0.368 e. The fraction of sp³-hybridized carbons (Fsp3) is 0.250.